The zero-order valence-electron chi connectivity index (χ0n) is 16.2. The number of hydrogen-bond donors (Lipinski definition) is 2. The van der Waals surface area contributed by atoms with E-state index < -0.39 is 5.54 Å². The third kappa shape index (κ3) is 4.46. The zero-order valence-corrected chi connectivity index (χ0v) is 17.0. The van der Waals surface area contributed by atoms with Gasteiger partial charge in [0.15, 0.2) is 0 Å². The summed E-state index contributed by atoms with van der Waals surface area (Å²) >= 11 is 6.62. The molecule has 148 valence electrons. The third-order valence-electron chi connectivity index (χ3n) is 5.65. The average molecular weight is 393 g/mol. The molecule has 1 heterocycles. The highest BCUT2D eigenvalue weighted by molar-refractivity contribution is 6.31. The van der Waals surface area contributed by atoms with E-state index in [1.54, 1.807) is 6.92 Å². The van der Waals surface area contributed by atoms with Crippen LogP contribution in [0.5, 0.6) is 5.75 Å². The second-order valence-electron chi connectivity index (χ2n) is 7.78. The van der Waals surface area contributed by atoms with Gasteiger partial charge < -0.3 is 20.2 Å². The lowest BCUT2D eigenvalue weighted by molar-refractivity contribution is -0.123. The normalized spacial score (nSPS) is 21.7. The summed E-state index contributed by atoms with van der Waals surface area (Å²) < 4.78 is 6.13. The number of benzene rings is 1. The maximum atomic E-state index is 12.5. The van der Waals surface area contributed by atoms with Crippen LogP contribution in [0.4, 0.5) is 0 Å². The Hall–Kier alpha value is -1.59. The molecule has 1 aliphatic carbocycles. The van der Waals surface area contributed by atoms with Crippen molar-refractivity contribution in [2.45, 2.75) is 70.4 Å². The van der Waals surface area contributed by atoms with Crippen LogP contribution in [0.25, 0.3) is 0 Å². The first-order valence-corrected chi connectivity index (χ1v) is 10.3. The molecule has 1 aromatic rings. The Kier molecular flexibility index (Phi) is 6.43. The molecule has 6 heteroatoms. The second kappa shape index (κ2) is 8.61. The number of carbonyl (C=O) groups excluding carboxylic acids is 2. The molecule has 1 spiro atoms. The van der Waals surface area contributed by atoms with Gasteiger partial charge in [-0.3, -0.25) is 4.79 Å². The van der Waals surface area contributed by atoms with Crippen molar-refractivity contribution in [3.63, 3.8) is 0 Å². The SMILES string of the molecule is CC(=O)CCCOc1ccc(Cl)c2c1C1(CCCCC1)NC(=O)CNC2C. The number of ether oxygens (including phenoxy) is 1. The Labute approximate surface area is 166 Å². The van der Waals surface area contributed by atoms with Gasteiger partial charge >= 0.3 is 0 Å². The van der Waals surface area contributed by atoms with Gasteiger partial charge in [-0.15, -0.1) is 0 Å². The van der Waals surface area contributed by atoms with Crippen molar-refractivity contribution in [1.29, 1.82) is 0 Å². The van der Waals surface area contributed by atoms with Crippen molar-refractivity contribution < 1.29 is 14.3 Å². The Morgan fingerprint density at radius 3 is 2.74 bits per heavy atom. The first-order chi connectivity index (χ1) is 12.9. The van der Waals surface area contributed by atoms with Gasteiger partial charge in [-0.1, -0.05) is 30.9 Å². The fourth-order valence-electron chi connectivity index (χ4n) is 4.37. The van der Waals surface area contributed by atoms with Gasteiger partial charge in [0.2, 0.25) is 5.91 Å². The van der Waals surface area contributed by atoms with Crippen LogP contribution >= 0.6 is 11.6 Å². The highest BCUT2D eigenvalue weighted by Crippen LogP contribution is 2.47. The zero-order chi connectivity index (χ0) is 19.4. The van der Waals surface area contributed by atoms with Gasteiger partial charge in [0, 0.05) is 23.0 Å². The molecule has 1 unspecified atom stereocenters. The van der Waals surface area contributed by atoms with Gasteiger partial charge in [-0.2, -0.15) is 0 Å². The lowest BCUT2D eigenvalue weighted by atomic mass is 9.73. The Balaban J connectivity index is 2.03. The summed E-state index contributed by atoms with van der Waals surface area (Å²) in [6.45, 7) is 4.39. The molecule has 5 nitrogen and oxygen atoms in total. The van der Waals surface area contributed by atoms with Gasteiger partial charge in [0.05, 0.1) is 18.7 Å². The average Bonchev–Trinajstić information content (AvgIpc) is 2.63. The van der Waals surface area contributed by atoms with Crippen LogP contribution in [-0.2, 0) is 15.1 Å². The minimum Gasteiger partial charge on any atom is -0.493 e. The molecule has 1 fully saturated rings. The van der Waals surface area contributed by atoms with Crippen molar-refractivity contribution in [2.24, 2.45) is 0 Å². The molecule has 1 aliphatic heterocycles. The molecule has 2 aliphatic rings. The Morgan fingerprint density at radius 2 is 2.04 bits per heavy atom. The predicted molar refractivity (Wildman–Crippen MR) is 106 cm³/mol. The molecule has 0 radical (unpaired) electrons. The van der Waals surface area contributed by atoms with Crippen molar-refractivity contribution in [3.05, 3.63) is 28.3 Å². The third-order valence-corrected chi connectivity index (χ3v) is 5.98. The van der Waals surface area contributed by atoms with Crippen LogP contribution in [0.1, 0.15) is 76.0 Å². The molecular weight excluding hydrogens is 364 g/mol. The van der Waals surface area contributed by atoms with E-state index in [0.717, 1.165) is 42.6 Å². The van der Waals surface area contributed by atoms with E-state index in [9.17, 15) is 9.59 Å². The molecular formula is C21H29ClN2O3. The largest absolute Gasteiger partial charge is 0.493 e. The number of nitrogens with one attached hydrogen (secondary N) is 2. The molecule has 1 amide bonds. The number of Topliss-reactive ketones (excluding diaryl/α,β-unsaturated/α-hetero) is 1. The number of amides is 1. The highest BCUT2D eigenvalue weighted by atomic mass is 35.5. The number of rotatable bonds is 5. The van der Waals surface area contributed by atoms with E-state index in [1.807, 2.05) is 19.1 Å². The smallest absolute Gasteiger partial charge is 0.234 e. The van der Waals surface area contributed by atoms with E-state index in [1.165, 1.54) is 6.42 Å². The van der Waals surface area contributed by atoms with Crippen LogP contribution in [0.2, 0.25) is 5.02 Å². The molecule has 27 heavy (non-hydrogen) atoms. The van der Waals surface area contributed by atoms with Crippen molar-refractivity contribution in [3.8, 4) is 5.75 Å². The first kappa shape index (κ1) is 20.2. The summed E-state index contributed by atoms with van der Waals surface area (Å²) in [4.78, 5) is 23.7. The number of hydrogen-bond acceptors (Lipinski definition) is 4. The van der Waals surface area contributed by atoms with Crippen LogP contribution in [-0.4, -0.2) is 24.8 Å². The van der Waals surface area contributed by atoms with E-state index in [0.29, 0.717) is 24.5 Å². The maximum Gasteiger partial charge on any atom is 0.234 e. The number of fused-ring (bicyclic) bond motifs is 2. The maximum absolute atomic E-state index is 12.5. The summed E-state index contributed by atoms with van der Waals surface area (Å²) in [6.07, 6.45) is 6.28. The molecule has 1 atom stereocenters. The standard InChI is InChI=1S/C21H29ClN2O3/c1-14(25)7-6-12-27-17-9-8-16(22)19-15(2)23-13-18(26)24-21(20(17)19)10-4-3-5-11-21/h8-9,15,23H,3-7,10-13H2,1-2H3,(H,24,26). The Morgan fingerprint density at radius 1 is 1.30 bits per heavy atom. The summed E-state index contributed by atoms with van der Waals surface area (Å²) in [5.74, 6) is 0.950. The second-order valence-corrected chi connectivity index (χ2v) is 8.19. The van der Waals surface area contributed by atoms with Gasteiger partial charge in [0.25, 0.3) is 0 Å². The number of halogens is 1. The van der Waals surface area contributed by atoms with Crippen molar-refractivity contribution in [2.75, 3.05) is 13.2 Å². The van der Waals surface area contributed by atoms with Gasteiger partial charge in [-0.25, -0.2) is 0 Å². The van der Waals surface area contributed by atoms with Crippen LogP contribution < -0.4 is 15.4 Å². The molecule has 0 aromatic heterocycles. The quantitative estimate of drug-likeness (QED) is 0.742. The summed E-state index contributed by atoms with van der Waals surface area (Å²) in [6, 6.07) is 3.74. The topological polar surface area (TPSA) is 67.4 Å². The minimum atomic E-state index is -0.429. The highest BCUT2D eigenvalue weighted by Gasteiger charge is 2.42. The van der Waals surface area contributed by atoms with E-state index in [2.05, 4.69) is 10.6 Å². The minimum absolute atomic E-state index is 0.0110. The molecule has 1 aromatic carbocycles. The molecule has 1 saturated carbocycles. The molecule has 0 saturated heterocycles. The number of ketones is 1. The van der Waals surface area contributed by atoms with Crippen molar-refractivity contribution in [1.82, 2.24) is 10.6 Å². The summed E-state index contributed by atoms with van der Waals surface area (Å²) in [5, 5.41) is 7.26. The predicted octanol–water partition coefficient (Wildman–Crippen LogP) is 4.03. The fraction of sp³-hybridized carbons (Fsp3) is 0.619. The van der Waals surface area contributed by atoms with Crippen LogP contribution in [0.15, 0.2) is 12.1 Å². The fourth-order valence-corrected chi connectivity index (χ4v) is 4.69. The first-order valence-electron chi connectivity index (χ1n) is 9.92. The van der Waals surface area contributed by atoms with Gasteiger partial charge in [0.1, 0.15) is 11.5 Å². The van der Waals surface area contributed by atoms with Gasteiger partial charge in [-0.05, 0) is 50.8 Å². The van der Waals surface area contributed by atoms with E-state index in [-0.39, 0.29) is 24.3 Å². The lowest BCUT2D eigenvalue weighted by Crippen LogP contribution is -2.52. The molecule has 3 rings (SSSR count). The Bertz CT molecular complexity index is 714. The summed E-state index contributed by atoms with van der Waals surface area (Å²) in [7, 11) is 0. The van der Waals surface area contributed by atoms with Crippen LogP contribution in [0, 0.1) is 0 Å². The summed E-state index contributed by atoms with van der Waals surface area (Å²) in [5.41, 5.74) is 1.61. The van der Waals surface area contributed by atoms with Crippen LogP contribution in [0.3, 0.4) is 0 Å². The lowest BCUT2D eigenvalue weighted by Gasteiger charge is -2.43. The van der Waals surface area contributed by atoms with E-state index in [4.69, 9.17) is 16.3 Å². The monoisotopic (exact) mass is 392 g/mol. The van der Waals surface area contributed by atoms with E-state index >= 15 is 0 Å². The molecule has 0 bridgehead atoms. The number of carbonyl (C=O) groups is 2. The molecule has 2 N–H and O–H groups in total. The van der Waals surface area contributed by atoms with Crippen molar-refractivity contribution >= 4 is 23.3 Å².